The van der Waals surface area contributed by atoms with E-state index in [-0.39, 0.29) is 24.8 Å². The summed E-state index contributed by atoms with van der Waals surface area (Å²) in [6.07, 6.45) is 5.96. The van der Waals surface area contributed by atoms with Crippen LogP contribution in [0.3, 0.4) is 0 Å². The zero-order valence-corrected chi connectivity index (χ0v) is 19.9. The van der Waals surface area contributed by atoms with Gasteiger partial charge in [0.2, 0.25) is 0 Å². The van der Waals surface area contributed by atoms with E-state index < -0.39 is 5.67 Å². The Morgan fingerprint density at radius 1 is 1.25 bits per heavy atom. The minimum atomic E-state index is -1.73. The van der Waals surface area contributed by atoms with Gasteiger partial charge in [-0.05, 0) is 53.6 Å². The molecule has 0 bridgehead atoms. The van der Waals surface area contributed by atoms with Crippen molar-refractivity contribution in [1.29, 1.82) is 0 Å². The molecule has 6 nitrogen and oxygen atoms in total. The van der Waals surface area contributed by atoms with Gasteiger partial charge in [-0.1, -0.05) is 11.8 Å². The maximum Gasteiger partial charge on any atom is 0.260 e. The quantitative estimate of drug-likeness (QED) is 0.515. The lowest BCUT2D eigenvalue weighted by atomic mass is 9.90. The highest BCUT2D eigenvalue weighted by Gasteiger charge is 2.45. The zero-order valence-electron chi connectivity index (χ0n) is 18.2. The normalized spacial score (nSPS) is 20.1. The Balaban J connectivity index is 1.21. The Hall–Kier alpha value is -1.97. The summed E-state index contributed by atoms with van der Waals surface area (Å²) in [6.45, 7) is 3.24. The minimum Gasteiger partial charge on any atom is -0.340 e. The summed E-state index contributed by atoms with van der Waals surface area (Å²) < 4.78 is 17.9. The third-order valence-electron chi connectivity index (χ3n) is 6.73. The summed E-state index contributed by atoms with van der Waals surface area (Å²) in [5.41, 5.74) is 1.32. The Morgan fingerprint density at radius 3 is 2.72 bits per heavy atom. The Kier molecular flexibility index (Phi) is 6.22. The number of halogens is 1. The lowest BCUT2D eigenvalue weighted by Crippen LogP contribution is -2.53. The molecule has 9 heteroatoms. The van der Waals surface area contributed by atoms with Gasteiger partial charge < -0.3 is 9.47 Å². The highest BCUT2D eigenvalue weighted by atomic mass is 32.2. The molecule has 3 aromatic heterocycles. The van der Waals surface area contributed by atoms with Crippen LogP contribution in [0, 0.1) is 0 Å². The molecule has 0 unspecified atom stereocenters. The van der Waals surface area contributed by atoms with E-state index in [0.717, 1.165) is 35.7 Å². The second kappa shape index (κ2) is 9.11. The van der Waals surface area contributed by atoms with Gasteiger partial charge in [-0.2, -0.15) is 11.3 Å². The highest BCUT2D eigenvalue weighted by molar-refractivity contribution is 7.98. The summed E-state index contributed by atoms with van der Waals surface area (Å²) in [5.74, 6) is -0.315. The van der Waals surface area contributed by atoms with Crippen LogP contribution in [0.5, 0.6) is 0 Å². The minimum absolute atomic E-state index is 0.226. The van der Waals surface area contributed by atoms with Crippen molar-refractivity contribution >= 4 is 40.2 Å². The Morgan fingerprint density at radius 2 is 2.03 bits per heavy atom. The predicted octanol–water partition coefficient (Wildman–Crippen LogP) is 4.38. The van der Waals surface area contributed by atoms with Gasteiger partial charge in [-0.25, -0.2) is 14.4 Å². The molecule has 2 aliphatic rings. The fraction of sp³-hybridized carbons (Fsp3) is 0.522. The van der Waals surface area contributed by atoms with Crippen molar-refractivity contribution in [1.82, 2.24) is 24.3 Å². The number of carbonyl (C=O) groups excluding carboxylic acids is 1. The number of amides is 1. The van der Waals surface area contributed by atoms with Crippen LogP contribution < -0.4 is 0 Å². The molecular formula is C23H28FN5OS2. The van der Waals surface area contributed by atoms with Crippen LogP contribution in [0.2, 0.25) is 0 Å². The number of piperidine rings is 2. The zero-order chi connectivity index (χ0) is 22.1. The first-order valence-electron chi connectivity index (χ1n) is 11.2. The van der Waals surface area contributed by atoms with Crippen molar-refractivity contribution in [2.45, 2.75) is 49.1 Å². The molecule has 170 valence electrons. The van der Waals surface area contributed by atoms with Crippen LogP contribution in [-0.4, -0.2) is 68.3 Å². The predicted molar refractivity (Wildman–Crippen MR) is 127 cm³/mol. The number of carbonyl (C=O) groups is 1. The monoisotopic (exact) mass is 473 g/mol. The molecular weight excluding hydrogens is 445 g/mol. The number of imidazole rings is 1. The fourth-order valence-electron chi connectivity index (χ4n) is 4.91. The van der Waals surface area contributed by atoms with Gasteiger partial charge in [0, 0.05) is 57.8 Å². The first-order chi connectivity index (χ1) is 15.6. The third kappa shape index (κ3) is 4.18. The van der Waals surface area contributed by atoms with E-state index in [0.29, 0.717) is 26.2 Å². The van der Waals surface area contributed by atoms with E-state index in [1.54, 1.807) is 34.2 Å². The van der Waals surface area contributed by atoms with Crippen molar-refractivity contribution in [2.24, 2.45) is 0 Å². The lowest BCUT2D eigenvalue weighted by Gasteiger charge is -2.40. The number of rotatable bonds is 5. The van der Waals surface area contributed by atoms with E-state index >= 15 is 4.39 Å². The molecule has 2 saturated heterocycles. The van der Waals surface area contributed by atoms with Crippen LogP contribution in [-0.2, 0) is 11.3 Å². The fourth-order valence-corrected chi connectivity index (χ4v) is 6.19. The van der Waals surface area contributed by atoms with Gasteiger partial charge in [0.05, 0.1) is 0 Å². The standard InChI is InChI=1S/C23H28FN5OS2/c1-31-22-26-19-3-2-9-25-20(19)29(22)18-4-10-28(11-5-18)21(30)23(24)7-12-27(13-8-23)15-17-6-14-32-16-17/h2-3,6,9,14,16,18H,4-5,7-8,10-13,15H2,1H3. The van der Waals surface area contributed by atoms with E-state index in [9.17, 15) is 4.79 Å². The number of alkyl halides is 1. The molecule has 0 saturated carbocycles. The maximum absolute atomic E-state index is 15.7. The van der Waals surface area contributed by atoms with Crippen LogP contribution >= 0.6 is 23.1 Å². The molecule has 0 radical (unpaired) electrons. The number of likely N-dealkylation sites (tertiary alicyclic amines) is 2. The van der Waals surface area contributed by atoms with Crippen molar-refractivity contribution in [2.75, 3.05) is 32.4 Å². The molecule has 3 aromatic rings. The molecule has 32 heavy (non-hydrogen) atoms. The number of hydrogen-bond acceptors (Lipinski definition) is 6. The molecule has 0 atom stereocenters. The molecule has 5 rings (SSSR count). The summed E-state index contributed by atoms with van der Waals surface area (Å²) >= 11 is 3.29. The summed E-state index contributed by atoms with van der Waals surface area (Å²) in [6, 6.07) is 6.22. The second-order valence-corrected chi connectivity index (χ2v) is 10.3. The number of pyridine rings is 1. The molecule has 2 fully saturated rings. The van der Waals surface area contributed by atoms with Crippen LogP contribution in [0.1, 0.15) is 37.3 Å². The van der Waals surface area contributed by atoms with Crippen molar-refractivity contribution in [3.63, 3.8) is 0 Å². The van der Waals surface area contributed by atoms with Gasteiger partial charge in [-0.15, -0.1) is 0 Å². The first kappa shape index (κ1) is 21.9. The molecule has 1 amide bonds. The van der Waals surface area contributed by atoms with Crippen molar-refractivity contribution in [3.8, 4) is 0 Å². The average Bonchev–Trinajstić information content (AvgIpc) is 3.47. The molecule has 0 N–H and O–H groups in total. The number of hydrogen-bond donors (Lipinski definition) is 0. The number of thioether (sulfide) groups is 1. The average molecular weight is 474 g/mol. The summed E-state index contributed by atoms with van der Waals surface area (Å²) in [5, 5.41) is 5.15. The van der Waals surface area contributed by atoms with Gasteiger partial charge in [0.25, 0.3) is 5.91 Å². The van der Waals surface area contributed by atoms with Gasteiger partial charge in [0.15, 0.2) is 16.5 Å². The summed E-state index contributed by atoms with van der Waals surface area (Å²) in [4.78, 5) is 26.4. The smallest absolute Gasteiger partial charge is 0.260 e. The van der Waals surface area contributed by atoms with Crippen LogP contribution in [0.4, 0.5) is 4.39 Å². The van der Waals surface area contributed by atoms with E-state index in [1.165, 1.54) is 5.56 Å². The molecule has 5 heterocycles. The molecule has 0 aromatic carbocycles. The number of aromatic nitrogens is 3. The Bertz CT molecular complexity index is 1070. The number of thiophene rings is 1. The Labute approximate surface area is 195 Å². The van der Waals surface area contributed by atoms with Crippen molar-refractivity contribution < 1.29 is 9.18 Å². The largest absolute Gasteiger partial charge is 0.340 e. The lowest BCUT2D eigenvalue weighted by molar-refractivity contribution is -0.149. The van der Waals surface area contributed by atoms with Gasteiger partial charge in [-0.3, -0.25) is 9.69 Å². The summed E-state index contributed by atoms with van der Waals surface area (Å²) in [7, 11) is 0. The van der Waals surface area contributed by atoms with Crippen LogP contribution in [0.25, 0.3) is 11.2 Å². The molecule has 0 spiro atoms. The molecule has 0 aliphatic carbocycles. The number of fused-ring (bicyclic) bond motifs is 1. The maximum atomic E-state index is 15.7. The van der Waals surface area contributed by atoms with Crippen molar-refractivity contribution in [3.05, 3.63) is 40.7 Å². The number of nitrogens with zero attached hydrogens (tertiary/aromatic N) is 5. The highest BCUT2D eigenvalue weighted by Crippen LogP contribution is 2.34. The van der Waals surface area contributed by atoms with Gasteiger partial charge >= 0.3 is 0 Å². The van der Waals surface area contributed by atoms with E-state index in [1.807, 2.05) is 18.4 Å². The second-order valence-electron chi connectivity index (χ2n) is 8.71. The van der Waals surface area contributed by atoms with E-state index in [4.69, 9.17) is 4.98 Å². The third-order valence-corrected chi connectivity index (χ3v) is 8.12. The first-order valence-corrected chi connectivity index (χ1v) is 13.3. The topological polar surface area (TPSA) is 54.3 Å². The SMILES string of the molecule is CSc1nc2cccnc2n1C1CCN(C(=O)C2(F)CCN(Cc3ccsc3)CC2)CC1. The van der Waals surface area contributed by atoms with E-state index in [2.05, 4.69) is 31.3 Å². The van der Waals surface area contributed by atoms with Crippen LogP contribution in [0.15, 0.2) is 40.3 Å². The van der Waals surface area contributed by atoms with Gasteiger partial charge in [0.1, 0.15) is 5.52 Å². The molecule has 2 aliphatic heterocycles.